The highest BCUT2D eigenvalue weighted by Crippen LogP contribution is 2.38. The minimum Gasteiger partial charge on any atom is -0.493 e. The summed E-state index contributed by atoms with van der Waals surface area (Å²) in [6.07, 6.45) is -4.39. The van der Waals surface area contributed by atoms with Gasteiger partial charge in [0.25, 0.3) is 5.91 Å². The number of benzene rings is 2. The molecule has 0 saturated heterocycles. The minimum atomic E-state index is -4.39. The molecule has 0 spiro atoms. The number of ether oxygens (including phenoxy) is 3. The van der Waals surface area contributed by atoms with Gasteiger partial charge in [-0.1, -0.05) is 18.2 Å². The zero-order valence-corrected chi connectivity index (χ0v) is 17.5. The Hall–Kier alpha value is -3.27. The number of methoxy groups -OCH3 is 2. The molecule has 3 rings (SSSR count). The number of hydrogen-bond donors (Lipinski definition) is 1. The van der Waals surface area contributed by atoms with Crippen molar-refractivity contribution in [3.63, 3.8) is 0 Å². The predicted molar refractivity (Wildman–Crippen MR) is 110 cm³/mol. The maximum Gasteiger partial charge on any atom is 0.422 e. The lowest BCUT2D eigenvalue weighted by Gasteiger charge is -2.10. The number of carbonyl (C=O) groups excluding carboxylic acids is 1. The summed E-state index contributed by atoms with van der Waals surface area (Å²) in [5.41, 5.74) is 1.66. The van der Waals surface area contributed by atoms with Gasteiger partial charge in [-0.2, -0.15) is 13.2 Å². The summed E-state index contributed by atoms with van der Waals surface area (Å²) in [5, 5.41) is 4.98. The van der Waals surface area contributed by atoms with Crippen LogP contribution in [0, 0.1) is 0 Å². The van der Waals surface area contributed by atoms with Crippen LogP contribution in [0.2, 0.25) is 0 Å². The lowest BCUT2D eigenvalue weighted by Crippen LogP contribution is -2.23. The molecule has 0 atom stereocenters. The molecule has 1 heterocycles. The molecule has 1 aromatic heterocycles. The Morgan fingerprint density at radius 3 is 2.48 bits per heavy atom. The lowest BCUT2D eigenvalue weighted by atomic mass is 10.2. The molecule has 10 heteroatoms. The number of rotatable bonds is 8. The Balaban J connectivity index is 1.62. The molecule has 2 aromatic carbocycles. The third-order valence-electron chi connectivity index (χ3n) is 4.15. The quantitative estimate of drug-likeness (QED) is 0.537. The van der Waals surface area contributed by atoms with Crippen molar-refractivity contribution in [3.05, 3.63) is 59.1 Å². The second-order valence-corrected chi connectivity index (χ2v) is 7.17. The summed E-state index contributed by atoms with van der Waals surface area (Å²) in [7, 11) is 3.07. The zero-order valence-electron chi connectivity index (χ0n) is 16.7. The first-order chi connectivity index (χ1) is 14.8. The van der Waals surface area contributed by atoms with E-state index in [1.54, 1.807) is 29.6 Å². The Bertz CT molecular complexity index is 1040. The van der Waals surface area contributed by atoms with Gasteiger partial charge in [-0.25, -0.2) is 4.98 Å². The van der Waals surface area contributed by atoms with Gasteiger partial charge in [0.2, 0.25) is 0 Å². The highest BCUT2D eigenvalue weighted by atomic mass is 32.1. The van der Waals surface area contributed by atoms with Gasteiger partial charge in [0.05, 0.1) is 19.8 Å². The number of para-hydroxylation sites is 1. The van der Waals surface area contributed by atoms with Crippen LogP contribution in [0.1, 0.15) is 16.1 Å². The second-order valence-electron chi connectivity index (χ2n) is 6.31. The van der Waals surface area contributed by atoms with E-state index in [0.29, 0.717) is 27.6 Å². The van der Waals surface area contributed by atoms with Crippen molar-refractivity contribution in [2.75, 3.05) is 20.8 Å². The Morgan fingerprint density at radius 1 is 1.10 bits per heavy atom. The SMILES string of the molecule is COc1cccc(-c2nc(C(=O)NCc3ccc(OCC(F)(F)F)cc3)cs2)c1OC. The van der Waals surface area contributed by atoms with Crippen molar-refractivity contribution in [1.82, 2.24) is 10.3 Å². The number of hydrogen-bond acceptors (Lipinski definition) is 6. The van der Waals surface area contributed by atoms with Crippen LogP contribution in [0.3, 0.4) is 0 Å². The molecule has 31 heavy (non-hydrogen) atoms. The molecule has 3 aromatic rings. The van der Waals surface area contributed by atoms with E-state index >= 15 is 0 Å². The van der Waals surface area contributed by atoms with Crippen LogP contribution in [0.15, 0.2) is 47.8 Å². The van der Waals surface area contributed by atoms with Crippen LogP contribution in [-0.2, 0) is 6.54 Å². The normalized spacial score (nSPS) is 11.1. The first-order valence-corrected chi connectivity index (χ1v) is 9.92. The largest absolute Gasteiger partial charge is 0.493 e. The maximum atomic E-state index is 12.4. The van der Waals surface area contributed by atoms with Crippen molar-refractivity contribution in [2.45, 2.75) is 12.7 Å². The summed E-state index contributed by atoms with van der Waals surface area (Å²) in [4.78, 5) is 16.8. The summed E-state index contributed by atoms with van der Waals surface area (Å²) in [6, 6.07) is 11.4. The molecule has 0 unspecified atom stereocenters. The highest BCUT2D eigenvalue weighted by Gasteiger charge is 2.28. The lowest BCUT2D eigenvalue weighted by molar-refractivity contribution is -0.153. The minimum absolute atomic E-state index is 0.101. The molecule has 1 N–H and O–H groups in total. The van der Waals surface area contributed by atoms with Crippen LogP contribution >= 0.6 is 11.3 Å². The maximum absolute atomic E-state index is 12.4. The Kier molecular flexibility index (Phi) is 7.01. The van der Waals surface area contributed by atoms with Crippen LogP contribution in [0.4, 0.5) is 13.2 Å². The van der Waals surface area contributed by atoms with E-state index in [1.807, 2.05) is 6.07 Å². The molecule has 0 aliphatic carbocycles. The van der Waals surface area contributed by atoms with Crippen molar-refractivity contribution in [3.8, 4) is 27.8 Å². The number of carbonyl (C=O) groups is 1. The van der Waals surface area contributed by atoms with Gasteiger partial charge >= 0.3 is 6.18 Å². The Labute approximate surface area is 180 Å². The van der Waals surface area contributed by atoms with Crippen molar-refractivity contribution < 1.29 is 32.2 Å². The van der Waals surface area contributed by atoms with Gasteiger partial charge < -0.3 is 19.5 Å². The molecule has 0 aliphatic heterocycles. The smallest absolute Gasteiger partial charge is 0.422 e. The number of halogens is 3. The van der Waals surface area contributed by atoms with Crippen LogP contribution < -0.4 is 19.5 Å². The third-order valence-corrected chi connectivity index (χ3v) is 5.02. The number of alkyl halides is 3. The average molecular weight is 452 g/mol. The van der Waals surface area contributed by atoms with E-state index in [9.17, 15) is 18.0 Å². The summed E-state index contributed by atoms with van der Waals surface area (Å²) >= 11 is 1.29. The molecule has 0 bridgehead atoms. The number of thiazole rings is 1. The fraction of sp³-hybridized carbons (Fsp3) is 0.238. The molecule has 1 amide bonds. The number of nitrogens with zero attached hydrogens (tertiary/aromatic N) is 1. The van der Waals surface area contributed by atoms with Crippen molar-refractivity contribution >= 4 is 17.2 Å². The first kappa shape index (κ1) is 22.4. The molecular formula is C21H19F3N2O4S. The molecule has 6 nitrogen and oxygen atoms in total. The van der Waals surface area contributed by atoms with E-state index < -0.39 is 12.8 Å². The standard InChI is InChI=1S/C21H19F3N2O4S/c1-28-17-5-3-4-15(18(17)29-2)20-26-16(11-31-20)19(27)25-10-13-6-8-14(9-7-13)30-12-21(22,23)24/h3-9,11H,10,12H2,1-2H3,(H,25,27). The molecule has 164 valence electrons. The van der Waals surface area contributed by atoms with Gasteiger partial charge in [0.1, 0.15) is 16.5 Å². The van der Waals surface area contributed by atoms with Crippen molar-refractivity contribution in [2.24, 2.45) is 0 Å². The average Bonchev–Trinajstić information content (AvgIpc) is 3.25. The van der Waals surface area contributed by atoms with E-state index in [1.165, 1.54) is 37.7 Å². The van der Waals surface area contributed by atoms with Crippen LogP contribution in [0.25, 0.3) is 10.6 Å². The number of aromatic nitrogens is 1. The molecule has 0 radical (unpaired) electrons. The van der Waals surface area contributed by atoms with Crippen LogP contribution in [-0.4, -0.2) is 37.9 Å². The summed E-state index contributed by atoms with van der Waals surface area (Å²) in [6.45, 7) is -1.17. The fourth-order valence-corrected chi connectivity index (χ4v) is 3.52. The van der Waals surface area contributed by atoms with Gasteiger partial charge in [0.15, 0.2) is 18.1 Å². The highest BCUT2D eigenvalue weighted by molar-refractivity contribution is 7.13. The summed E-state index contributed by atoms with van der Waals surface area (Å²) in [5.74, 6) is 0.813. The zero-order chi connectivity index (χ0) is 22.4. The predicted octanol–water partition coefficient (Wildman–Crippen LogP) is 4.70. The van der Waals surface area contributed by atoms with Gasteiger partial charge in [-0.15, -0.1) is 11.3 Å². The van der Waals surface area contributed by atoms with E-state index in [4.69, 9.17) is 9.47 Å². The Morgan fingerprint density at radius 2 is 1.84 bits per heavy atom. The van der Waals surface area contributed by atoms with E-state index in [0.717, 1.165) is 0 Å². The topological polar surface area (TPSA) is 69.7 Å². The fourth-order valence-electron chi connectivity index (χ4n) is 2.70. The van der Waals surface area contributed by atoms with Crippen LogP contribution in [0.5, 0.6) is 17.2 Å². The van der Waals surface area contributed by atoms with E-state index in [2.05, 4.69) is 15.0 Å². The van der Waals surface area contributed by atoms with Gasteiger partial charge in [-0.05, 0) is 29.8 Å². The molecule has 0 fully saturated rings. The van der Waals surface area contributed by atoms with Gasteiger partial charge in [0, 0.05) is 11.9 Å². The number of amides is 1. The molecule has 0 aliphatic rings. The molecule has 0 saturated carbocycles. The molecular weight excluding hydrogens is 433 g/mol. The monoisotopic (exact) mass is 452 g/mol. The summed E-state index contributed by atoms with van der Waals surface area (Å²) < 4.78 is 51.9. The second kappa shape index (κ2) is 9.69. The van der Waals surface area contributed by atoms with E-state index in [-0.39, 0.29) is 23.9 Å². The third kappa shape index (κ3) is 5.88. The van der Waals surface area contributed by atoms with Crippen molar-refractivity contribution in [1.29, 1.82) is 0 Å². The first-order valence-electron chi connectivity index (χ1n) is 9.04. The van der Waals surface area contributed by atoms with Gasteiger partial charge in [-0.3, -0.25) is 4.79 Å². The number of nitrogens with one attached hydrogen (secondary N) is 1.